The number of aliphatic hydroxyl groups excluding tert-OH is 1. The van der Waals surface area contributed by atoms with Crippen molar-refractivity contribution in [1.82, 2.24) is 0 Å². The Morgan fingerprint density at radius 2 is 0.511 bits per heavy atom. The second-order valence-corrected chi connectivity index (χ2v) is 29.5. The van der Waals surface area contributed by atoms with E-state index < -0.39 is 97.5 Å². The minimum atomic E-state index is -4.95. The Morgan fingerprint density at radius 3 is 0.756 bits per heavy atom. The molecular formula is C71H138O17P2. The second kappa shape index (κ2) is 63.1. The van der Waals surface area contributed by atoms with Gasteiger partial charge in [0.2, 0.25) is 0 Å². The summed E-state index contributed by atoms with van der Waals surface area (Å²) < 4.78 is 68.2. The van der Waals surface area contributed by atoms with Gasteiger partial charge in [-0.2, -0.15) is 0 Å². The van der Waals surface area contributed by atoms with Crippen LogP contribution < -0.4 is 0 Å². The van der Waals surface area contributed by atoms with E-state index in [9.17, 15) is 43.2 Å². The summed E-state index contributed by atoms with van der Waals surface area (Å²) in [6.07, 6.45) is 48.6. The summed E-state index contributed by atoms with van der Waals surface area (Å²) in [7, 11) is -9.90. The Kier molecular flexibility index (Phi) is 61.8. The largest absolute Gasteiger partial charge is 0.472 e. The van der Waals surface area contributed by atoms with Gasteiger partial charge in [0.25, 0.3) is 0 Å². The Balaban J connectivity index is 5.21. The van der Waals surface area contributed by atoms with Gasteiger partial charge in [-0.15, -0.1) is 0 Å². The lowest BCUT2D eigenvalue weighted by atomic mass is 10.0. The number of carbonyl (C=O) groups excluding carboxylic acids is 4. The van der Waals surface area contributed by atoms with E-state index in [0.717, 1.165) is 108 Å². The number of phosphoric ester groups is 2. The summed E-state index contributed by atoms with van der Waals surface area (Å²) in [6, 6.07) is 0. The van der Waals surface area contributed by atoms with Crippen molar-refractivity contribution in [3.63, 3.8) is 0 Å². The van der Waals surface area contributed by atoms with Crippen LogP contribution in [0.15, 0.2) is 0 Å². The molecule has 0 aromatic heterocycles. The van der Waals surface area contributed by atoms with Crippen molar-refractivity contribution in [2.45, 2.75) is 381 Å². The Morgan fingerprint density at radius 1 is 0.300 bits per heavy atom. The third-order valence-corrected chi connectivity index (χ3v) is 18.4. The molecule has 0 saturated carbocycles. The molecule has 19 heteroatoms. The van der Waals surface area contributed by atoms with Crippen molar-refractivity contribution in [3.8, 4) is 0 Å². The Bertz CT molecular complexity index is 1750. The van der Waals surface area contributed by atoms with Gasteiger partial charge in [0.1, 0.15) is 19.3 Å². The Hall–Kier alpha value is -1.94. The van der Waals surface area contributed by atoms with Crippen LogP contribution in [0.4, 0.5) is 0 Å². The van der Waals surface area contributed by atoms with E-state index in [1.807, 2.05) is 0 Å². The molecule has 2 unspecified atom stereocenters. The zero-order chi connectivity index (χ0) is 66.5. The smallest absolute Gasteiger partial charge is 0.462 e. The number of rotatable bonds is 70. The molecule has 0 aromatic rings. The van der Waals surface area contributed by atoms with Crippen LogP contribution in [0, 0.1) is 11.8 Å². The zero-order valence-electron chi connectivity index (χ0n) is 58.4. The van der Waals surface area contributed by atoms with Gasteiger partial charge in [-0.1, -0.05) is 311 Å². The monoisotopic (exact) mass is 1320 g/mol. The number of esters is 4. The quantitative estimate of drug-likeness (QED) is 0.0222. The third kappa shape index (κ3) is 64.8. The average molecular weight is 1330 g/mol. The van der Waals surface area contributed by atoms with Gasteiger partial charge in [-0.3, -0.25) is 37.3 Å². The molecule has 534 valence electrons. The van der Waals surface area contributed by atoms with E-state index >= 15 is 0 Å². The highest BCUT2D eigenvalue weighted by Crippen LogP contribution is 2.45. The number of aliphatic hydroxyl groups is 1. The molecule has 0 saturated heterocycles. The molecule has 0 aliphatic carbocycles. The van der Waals surface area contributed by atoms with Crippen molar-refractivity contribution >= 4 is 39.5 Å². The summed E-state index contributed by atoms with van der Waals surface area (Å²) in [4.78, 5) is 72.5. The summed E-state index contributed by atoms with van der Waals surface area (Å²) in [5.41, 5.74) is 0. The molecule has 0 aromatic carbocycles. The summed E-state index contributed by atoms with van der Waals surface area (Å²) in [6.45, 7) is 9.56. The standard InChI is InChI=1S/C71H138O17P2/c1-7-9-11-13-15-17-30-37-43-49-55-70(75)87-66(59-81-68(73)53-47-41-35-16-14-12-10-8-2)61-85-89(77,78)83-57-65(72)58-84-90(79,80)86-62-67(88-71(76)56-50-44-38-32-27-23-19-21-25-29-34-40-46-52-64(5)6)60-82-69(74)54-48-42-36-31-26-22-18-20-24-28-33-39-45-51-63(3)4/h63-67,72H,7-62H2,1-6H3,(H,77,78)(H,79,80)/t65-,66+,67+/m0/s1. The fourth-order valence-corrected chi connectivity index (χ4v) is 12.3. The predicted octanol–water partition coefficient (Wildman–Crippen LogP) is 20.4. The molecule has 3 N–H and O–H groups in total. The van der Waals surface area contributed by atoms with Gasteiger partial charge >= 0.3 is 39.5 Å². The molecule has 0 amide bonds. The van der Waals surface area contributed by atoms with Crippen molar-refractivity contribution < 1.29 is 80.2 Å². The number of ether oxygens (including phenoxy) is 4. The first-order valence-electron chi connectivity index (χ1n) is 37.0. The van der Waals surface area contributed by atoms with Crippen LogP contribution in [-0.4, -0.2) is 96.7 Å². The fraction of sp³-hybridized carbons (Fsp3) is 0.944. The van der Waals surface area contributed by atoms with Gasteiger partial charge in [0, 0.05) is 25.7 Å². The molecule has 0 radical (unpaired) electrons. The normalized spacial score (nSPS) is 14.1. The molecule has 0 fully saturated rings. The van der Waals surface area contributed by atoms with Crippen LogP contribution in [0.5, 0.6) is 0 Å². The van der Waals surface area contributed by atoms with Crippen molar-refractivity contribution in [2.75, 3.05) is 39.6 Å². The molecule has 0 aliphatic rings. The first-order chi connectivity index (χ1) is 43.4. The number of hydrogen-bond acceptors (Lipinski definition) is 15. The molecular weight excluding hydrogens is 1190 g/mol. The van der Waals surface area contributed by atoms with E-state index in [1.54, 1.807) is 0 Å². The minimum Gasteiger partial charge on any atom is -0.462 e. The average Bonchev–Trinajstić information content (AvgIpc) is 2.79. The summed E-state index contributed by atoms with van der Waals surface area (Å²) >= 11 is 0. The zero-order valence-corrected chi connectivity index (χ0v) is 60.2. The molecule has 0 rings (SSSR count). The molecule has 17 nitrogen and oxygen atoms in total. The molecule has 0 aliphatic heterocycles. The molecule has 0 heterocycles. The van der Waals surface area contributed by atoms with Gasteiger partial charge in [0.05, 0.1) is 26.4 Å². The van der Waals surface area contributed by atoms with E-state index in [1.165, 1.54) is 173 Å². The van der Waals surface area contributed by atoms with Gasteiger partial charge in [-0.05, 0) is 37.5 Å². The van der Waals surface area contributed by atoms with Gasteiger partial charge in [0.15, 0.2) is 12.2 Å². The number of carbonyl (C=O) groups is 4. The molecule has 0 spiro atoms. The molecule has 0 bridgehead atoms. The first-order valence-corrected chi connectivity index (χ1v) is 40.0. The minimum absolute atomic E-state index is 0.106. The maximum Gasteiger partial charge on any atom is 0.472 e. The van der Waals surface area contributed by atoms with Crippen LogP contribution in [0.2, 0.25) is 0 Å². The van der Waals surface area contributed by atoms with Gasteiger partial charge in [-0.25, -0.2) is 9.13 Å². The lowest BCUT2D eigenvalue weighted by Crippen LogP contribution is -2.30. The van der Waals surface area contributed by atoms with E-state index in [2.05, 4.69) is 41.5 Å². The second-order valence-electron chi connectivity index (χ2n) is 26.6. The maximum atomic E-state index is 13.0. The topological polar surface area (TPSA) is 237 Å². The highest BCUT2D eigenvalue weighted by molar-refractivity contribution is 7.47. The predicted molar refractivity (Wildman–Crippen MR) is 363 cm³/mol. The highest BCUT2D eigenvalue weighted by atomic mass is 31.2. The van der Waals surface area contributed by atoms with Crippen LogP contribution in [0.1, 0.15) is 363 Å². The molecule has 5 atom stereocenters. The maximum absolute atomic E-state index is 13.0. The summed E-state index contributed by atoms with van der Waals surface area (Å²) in [5, 5.41) is 10.6. The van der Waals surface area contributed by atoms with Crippen molar-refractivity contribution in [2.24, 2.45) is 11.8 Å². The van der Waals surface area contributed by atoms with Crippen LogP contribution >= 0.6 is 15.6 Å². The Labute approximate surface area is 549 Å². The van der Waals surface area contributed by atoms with E-state index in [0.29, 0.717) is 25.7 Å². The SMILES string of the molecule is CCCCCCCCCCCCC(=O)O[C@H](COC(=O)CCCCCCCCCC)COP(=O)(O)OC[C@H](O)COP(=O)(O)OC[C@@H](COC(=O)CCCCCCCCCCCCCCCC(C)C)OC(=O)CCCCCCCCCCCCCCCC(C)C. The van der Waals surface area contributed by atoms with Crippen molar-refractivity contribution in [3.05, 3.63) is 0 Å². The van der Waals surface area contributed by atoms with E-state index in [4.69, 9.17) is 37.0 Å². The third-order valence-electron chi connectivity index (χ3n) is 16.5. The number of hydrogen-bond donors (Lipinski definition) is 3. The number of unbranched alkanes of at least 4 members (excludes halogenated alkanes) is 40. The van der Waals surface area contributed by atoms with Crippen LogP contribution in [0.25, 0.3) is 0 Å². The fourth-order valence-electron chi connectivity index (χ4n) is 10.8. The van der Waals surface area contributed by atoms with E-state index in [-0.39, 0.29) is 25.7 Å². The van der Waals surface area contributed by atoms with Gasteiger partial charge < -0.3 is 33.8 Å². The first kappa shape index (κ1) is 88.1. The number of phosphoric acid groups is 2. The lowest BCUT2D eigenvalue weighted by Gasteiger charge is -2.21. The molecule has 90 heavy (non-hydrogen) atoms. The highest BCUT2D eigenvalue weighted by Gasteiger charge is 2.30. The van der Waals surface area contributed by atoms with Crippen LogP contribution in [-0.2, 0) is 65.4 Å². The lowest BCUT2D eigenvalue weighted by molar-refractivity contribution is -0.161. The van der Waals surface area contributed by atoms with Crippen molar-refractivity contribution in [1.29, 1.82) is 0 Å². The van der Waals surface area contributed by atoms with Crippen LogP contribution in [0.3, 0.4) is 0 Å². The summed E-state index contributed by atoms with van der Waals surface area (Å²) in [5.74, 6) is -0.547.